The largest absolute Gasteiger partial charge is 0.367 e. The number of ether oxygens (including phenoxy) is 1. The molecule has 0 aromatic carbocycles. The molecule has 0 saturated heterocycles. The van der Waals surface area contributed by atoms with Crippen molar-refractivity contribution in [2.24, 2.45) is 11.7 Å². The highest BCUT2D eigenvalue weighted by Crippen LogP contribution is 2.41. The molecule has 1 atom stereocenters. The van der Waals surface area contributed by atoms with Gasteiger partial charge in [0.05, 0.1) is 0 Å². The first-order chi connectivity index (χ1) is 10.1. The molecule has 5 nitrogen and oxygen atoms in total. The maximum atomic E-state index is 6.06. The van der Waals surface area contributed by atoms with Crippen molar-refractivity contribution in [1.82, 2.24) is 10.1 Å². The fourth-order valence-electron chi connectivity index (χ4n) is 3.05. The molecule has 1 unspecified atom stereocenters. The average molecular weight is 295 g/mol. The molecular formula is C16H29N3O2. The van der Waals surface area contributed by atoms with Crippen molar-refractivity contribution in [2.75, 3.05) is 6.61 Å². The summed E-state index contributed by atoms with van der Waals surface area (Å²) >= 11 is 0. The van der Waals surface area contributed by atoms with E-state index in [1.54, 1.807) is 0 Å². The zero-order valence-corrected chi connectivity index (χ0v) is 13.6. The van der Waals surface area contributed by atoms with E-state index in [9.17, 15) is 0 Å². The van der Waals surface area contributed by atoms with Crippen molar-refractivity contribution in [3.05, 3.63) is 11.7 Å². The lowest BCUT2D eigenvalue weighted by molar-refractivity contribution is -0.0847. The smallest absolute Gasteiger partial charge is 0.226 e. The first kappa shape index (κ1) is 16.4. The topological polar surface area (TPSA) is 74.2 Å². The van der Waals surface area contributed by atoms with Crippen LogP contribution in [0.25, 0.3) is 0 Å². The molecule has 2 N–H and O–H groups in total. The number of hydrogen-bond acceptors (Lipinski definition) is 5. The van der Waals surface area contributed by atoms with Gasteiger partial charge >= 0.3 is 0 Å². The van der Waals surface area contributed by atoms with Gasteiger partial charge in [0.25, 0.3) is 0 Å². The highest BCUT2D eigenvalue weighted by molar-refractivity contribution is 5.04. The Morgan fingerprint density at radius 3 is 2.76 bits per heavy atom. The Morgan fingerprint density at radius 2 is 2.14 bits per heavy atom. The van der Waals surface area contributed by atoms with E-state index in [4.69, 9.17) is 15.0 Å². The van der Waals surface area contributed by atoms with Gasteiger partial charge < -0.3 is 15.0 Å². The zero-order valence-electron chi connectivity index (χ0n) is 13.6. The summed E-state index contributed by atoms with van der Waals surface area (Å²) in [5, 5.41) is 4.21. The van der Waals surface area contributed by atoms with Crippen molar-refractivity contribution in [2.45, 2.75) is 77.4 Å². The molecule has 120 valence electrons. The van der Waals surface area contributed by atoms with Crippen LogP contribution in [0.15, 0.2) is 4.52 Å². The Hall–Kier alpha value is -0.940. The molecule has 1 fully saturated rings. The van der Waals surface area contributed by atoms with Crippen LogP contribution in [0, 0.1) is 5.92 Å². The third-order valence-electron chi connectivity index (χ3n) is 4.43. The predicted molar refractivity (Wildman–Crippen MR) is 81.8 cm³/mol. The van der Waals surface area contributed by atoms with E-state index in [0.29, 0.717) is 12.5 Å². The fraction of sp³-hybridized carbons (Fsp3) is 0.875. The van der Waals surface area contributed by atoms with Crippen LogP contribution in [-0.2, 0) is 16.8 Å². The van der Waals surface area contributed by atoms with Crippen LogP contribution in [0.3, 0.4) is 0 Å². The number of hydrogen-bond donors (Lipinski definition) is 1. The Bertz CT molecular complexity index is 423. The number of nitrogens with zero attached hydrogens (tertiary/aromatic N) is 2. The molecule has 5 heteroatoms. The minimum Gasteiger partial charge on any atom is -0.367 e. The number of aromatic nitrogens is 2. The molecule has 21 heavy (non-hydrogen) atoms. The quantitative estimate of drug-likeness (QED) is 0.836. The van der Waals surface area contributed by atoms with Gasteiger partial charge in [-0.1, -0.05) is 12.1 Å². The molecule has 2 rings (SSSR count). The van der Waals surface area contributed by atoms with Gasteiger partial charge in [0, 0.05) is 19.1 Å². The molecule has 1 heterocycles. The minimum atomic E-state index is -0.329. The van der Waals surface area contributed by atoms with Crippen molar-refractivity contribution in [1.29, 1.82) is 0 Å². The summed E-state index contributed by atoms with van der Waals surface area (Å²) in [6, 6.07) is 0.224. The van der Waals surface area contributed by atoms with E-state index in [-0.39, 0.29) is 11.6 Å². The molecule has 0 spiro atoms. The summed E-state index contributed by atoms with van der Waals surface area (Å²) < 4.78 is 11.5. The van der Waals surface area contributed by atoms with E-state index in [1.807, 2.05) is 13.8 Å². The normalized spacial score (nSPS) is 27.7. The first-order valence-electron chi connectivity index (χ1n) is 8.28. The van der Waals surface area contributed by atoms with Gasteiger partial charge in [-0.2, -0.15) is 4.98 Å². The van der Waals surface area contributed by atoms with Gasteiger partial charge in [0.2, 0.25) is 11.7 Å². The second kappa shape index (κ2) is 7.36. The Balaban J connectivity index is 2.02. The molecule has 0 aliphatic heterocycles. The minimum absolute atomic E-state index is 0.224. The second-order valence-electron chi connectivity index (χ2n) is 6.49. The first-order valence-corrected chi connectivity index (χ1v) is 8.28. The van der Waals surface area contributed by atoms with Crippen LogP contribution in [0.1, 0.15) is 71.0 Å². The maximum Gasteiger partial charge on any atom is 0.226 e. The van der Waals surface area contributed by atoms with Crippen LogP contribution < -0.4 is 5.73 Å². The van der Waals surface area contributed by atoms with Crippen LogP contribution in [0.4, 0.5) is 0 Å². The van der Waals surface area contributed by atoms with E-state index in [2.05, 4.69) is 17.1 Å². The summed E-state index contributed by atoms with van der Waals surface area (Å²) in [6.45, 7) is 7.03. The predicted octanol–water partition coefficient (Wildman–Crippen LogP) is 3.18. The highest BCUT2D eigenvalue weighted by Gasteiger charge is 2.40. The Kier molecular flexibility index (Phi) is 5.76. The lowest BCUT2D eigenvalue weighted by Crippen LogP contribution is -2.35. The van der Waals surface area contributed by atoms with Crippen molar-refractivity contribution in [3.63, 3.8) is 0 Å². The van der Waals surface area contributed by atoms with E-state index in [0.717, 1.165) is 56.7 Å². The Labute approximate surface area is 127 Å². The molecule has 1 aromatic rings. The third-order valence-corrected chi connectivity index (χ3v) is 4.43. The fourth-order valence-corrected chi connectivity index (χ4v) is 3.05. The molecule has 1 aliphatic rings. The number of rotatable bonds is 7. The van der Waals surface area contributed by atoms with Gasteiger partial charge in [-0.25, -0.2) is 0 Å². The average Bonchev–Trinajstić information content (AvgIpc) is 2.91. The summed E-state index contributed by atoms with van der Waals surface area (Å²) in [6.07, 6.45) is 7.06. The molecule has 0 amide bonds. The number of nitrogens with two attached hydrogens (primary N) is 1. The molecule has 0 bridgehead atoms. The number of aryl methyl sites for hydroxylation is 1. The van der Waals surface area contributed by atoms with Crippen LogP contribution in [-0.4, -0.2) is 22.8 Å². The van der Waals surface area contributed by atoms with E-state index < -0.39 is 0 Å². The monoisotopic (exact) mass is 295 g/mol. The maximum absolute atomic E-state index is 6.06. The van der Waals surface area contributed by atoms with Gasteiger partial charge in [-0.05, 0) is 58.3 Å². The Morgan fingerprint density at radius 1 is 1.43 bits per heavy atom. The second-order valence-corrected chi connectivity index (χ2v) is 6.49. The van der Waals surface area contributed by atoms with Crippen LogP contribution in [0.2, 0.25) is 0 Å². The molecule has 1 aliphatic carbocycles. The summed E-state index contributed by atoms with van der Waals surface area (Å²) in [5.41, 5.74) is 5.44. The van der Waals surface area contributed by atoms with Crippen LogP contribution in [0.5, 0.6) is 0 Å². The summed E-state index contributed by atoms with van der Waals surface area (Å²) in [4.78, 5) is 4.60. The SMILES string of the molecule is CCOC1(c2noc(CCCC(C)N)n2)CCC(C)CC1. The highest BCUT2D eigenvalue weighted by atomic mass is 16.5. The molecule has 1 saturated carbocycles. The zero-order chi connectivity index (χ0) is 15.3. The van der Waals surface area contributed by atoms with Crippen LogP contribution >= 0.6 is 0 Å². The lowest BCUT2D eigenvalue weighted by Gasteiger charge is -2.36. The van der Waals surface area contributed by atoms with E-state index in [1.165, 1.54) is 0 Å². The molecule has 0 radical (unpaired) electrons. The van der Waals surface area contributed by atoms with Gasteiger partial charge in [-0.3, -0.25) is 0 Å². The third kappa shape index (κ3) is 4.27. The standard InChI is InChI=1S/C16H29N3O2/c1-4-20-16(10-8-12(2)9-11-16)15-18-14(21-19-15)7-5-6-13(3)17/h12-13H,4-11,17H2,1-3H3. The summed E-state index contributed by atoms with van der Waals surface area (Å²) in [7, 11) is 0. The molecular weight excluding hydrogens is 266 g/mol. The van der Waals surface area contributed by atoms with Gasteiger partial charge in [-0.15, -0.1) is 0 Å². The summed E-state index contributed by atoms with van der Waals surface area (Å²) in [5.74, 6) is 2.21. The van der Waals surface area contributed by atoms with Crippen molar-refractivity contribution < 1.29 is 9.26 Å². The van der Waals surface area contributed by atoms with E-state index >= 15 is 0 Å². The van der Waals surface area contributed by atoms with Gasteiger partial charge in [0.1, 0.15) is 5.60 Å². The lowest BCUT2D eigenvalue weighted by atomic mass is 9.79. The van der Waals surface area contributed by atoms with Crippen molar-refractivity contribution >= 4 is 0 Å². The van der Waals surface area contributed by atoms with Crippen molar-refractivity contribution in [3.8, 4) is 0 Å². The molecule has 1 aromatic heterocycles. The van der Waals surface area contributed by atoms with Gasteiger partial charge in [0.15, 0.2) is 0 Å².